The van der Waals surface area contributed by atoms with Crippen molar-refractivity contribution in [3.8, 4) is 11.1 Å². The SMILES string of the molecule is O=C([O-])c1ccc(F)c(-c2ccccc2)c1. The van der Waals surface area contributed by atoms with E-state index in [-0.39, 0.29) is 11.1 Å². The van der Waals surface area contributed by atoms with Crippen LogP contribution in [0.3, 0.4) is 0 Å². The highest BCUT2D eigenvalue weighted by Gasteiger charge is 2.06. The fraction of sp³-hybridized carbons (Fsp3) is 0. The van der Waals surface area contributed by atoms with Crippen molar-refractivity contribution >= 4 is 5.97 Å². The maximum Gasteiger partial charge on any atom is 0.131 e. The van der Waals surface area contributed by atoms with Gasteiger partial charge < -0.3 is 9.90 Å². The normalized spacial score (nSPS) is 10.1. The number of carboxylic acids is 1. The van der Waals surface area contributed by atoms with Crippen LogP contribution in [0.4, 0.5) is 4.39 Å². The minimum atomic E-state index is -1.31. The third-order valence-electron chi connectivity index (χ3n) is 2.29. The summed E-state index contributed by atoms with van der Waals surface area (Å²) >= 11 is 0. The van der Waals surface area contributed by atoms with Crippen molar-refractivity contribution < 1.29 is 14.3 Å². The summed E-state index contributed by atoms with van der Waals surface area (Å²) < 4.78 is 13.5. The van der Waals surface area contributed by atoms with E-state index in [2.05, 4.69) is 0 Å². The number of carbonyl (C=O) groups is 1. The van der Waals surface area contributed by atoms with Gasteiger partial charge in [-0.15, -0.1) is 0 Å². The second-order valence-electron chi connectivity index (χ2n) is 3.35. The molecule has 2 aromatic rings. The van der Waals surface area contributed by atoms with E-state index in [9.17, 15) is 14.3 Å². The zero-order valence-electron chi connectivity index (χ0n) is 8.31. The average molecular weight is 215 g/mol. The van der Waals surface area contributed by atoms with E-state index in [1.54, 1.807) is 24.3 Å². The maximum atomic E-state index is 13.5. The van der Waals surface area contributed by atoms with Crippen LogP contribution in [0.25, 0.3) is 11.1 Å². The van der Waals surface area contributed by atoms with Gasteiger partial charge in [-0.1, -0.05) is 36.4 Å². The molecule has 0 aliphatic heterocycles. The van der Waals surface area contributed by atoms with E-state index in [1.165, 1.54) is 12.1 Å². The Morgan fingerprint density at radius 2 is 1.75 bits per heavy atom. The first-order chi connectivity index (χ1) is 7.68. The molecule has 0 heterocycles. The molecule has 0 aromatic heterocycles. The third-order valence-corrected chi connectivity index (χ3v) is 2.29. The van der Waals surface area contributed by atoms with Crippen LogP contribution >= 0.6 is 0 Å². The third kappa shape index (κ3) is 1.93. The molecule has 2 aromatic carbocycles. The summed E-state index contributed by atoms with van der Waals surface area (Å²) in [5, 5.41) is 10.7. The van der Waals surface area contributed by atoms with E-state index in [0.29, 0.717) is 5.56 Å². The van der Waals surface area contributed by atoms with Crippen molar-refractivity contribution in [3.63, 3.8) is 0 Å². The molecule has 2 rings (SSSR count). The standard InChI is InChI=1S/C13H9FO2/c14-12-7-6-10(13(15)16)8-11(12)9-4-2-1-3-5-9/h1-8H,(H,15,16)/p-1. The van der Waals surface area contributed by atoms with Crippen molar-refractivity contribution in [1.82, 2.24) is 0 Å². The Hall–Kier alpha value is -2.16. The molecule has 0 radical (unpaired) electrons. The summed E-state index contributed by atoms with van der Waals surface area (Å²) in [5.74, 6) is -1.76. The highest BCUT2D eigenvalue weighted by Crippen LogP contribution is 2.23. The van der Waals surface area contributed by atoms with Crippen molar-refractivity contribution in [1.29, 1.82) is 0 Å². The molecule has 0 bridgehead atoms. The monoisotopic (exact) mass is 215 g/mol. The smallest absolute Gasteiger partial charge is 0.131 e. The summed E-state index contributed by atoms with van der Waals surface area (Å²) in [6, 6.07) is 12.4. The maximum absolute atomic E-state index is 13.5. The largest absolute Gasteiger partial charge is 0.545 e. The molecular formula is C13H8FO2-. The number of carbonyl (C=O) groups excluding carboxylic acids is 1. The zero-order valence-corrected chi connectivity index (χ0v) is 8.31. The molecule has 0 atom stereocenters. The van der Waals surface area contributed by atoms with Gasteiger partial charge in [-0.3, -0.25) is 0 Å². The minimum absolute atomic E-state index is 0.0275. The first-order valence-corrected chi connectivity index (χ1v) is 4.75. The van der Waals surface area contributed by atoms with E-state index < -0.39 is 11.8 Å². The lowest BCUT2D eigenvalue weighted by Gasteiger charge is -2.07. The van der Waals surface area contributed by atoms with Crippen molar-refractivity contribution in [2.75, 3.05) is 0 Å². The molecule has 3 heteroatoms. The average Bonchev–Trinajstić information content (AvgIpc) is 2.30. The van der Waals surface area contributed by atoms with Crippen LogP contribution in [0, 0.1) is 5.82 Å². The number of hydrogen-bond acceptors (Lipinski definition) is 2. The summed E-state index contributed by atoms with van der Waals surface area (Å²) in [7, 11) is 0. The van der Waals surface area contributed by atoms with Crippen molar-refractivity contribution in [2.24, 2.45) is 0 Å². The molecule has 0 saturated heterocycles. The van der Waals surface area contributed by atoms with Crippen LogP contribution in [0.5, 0.6) is 0 Å². The number of aromatic carboxylic acids is 1. The van der Waals surface area contributed by atoms with E-state index >= 15 is 0 Å². The van der Waals surface area contributed by atoms with Gasteiger partial charge in [0.25, 0.3) is 0 Å². The first kappa shape index (κ1) is 10.4. The predicted octanol–water partition coefficient (Wildman–Crippen LogP) is 1.86. The molecule has 0 aliphatic rings. The van der Waals surface area contributed by atoms with Crippen LogP contribution in [-0.2, 0) is 0 Å². The number of hydrogen-bond donors (Lipinski definition) is 0. The Morgan fingerprint density at radius 1 is 1.06 bits per heavy atom. The van der Waals surface area contributed by atoms with Crippen LogP contribution in [0.2, 0.25) is 0 Å². The molecule has 80 valence electrons. The number of rotatable bonds is 2. The van der Waals surface area contributed by atoms with Crippen LogP contribution in [-0.4, -0.2) is 5.97 Å². The van der Waals surface area contributed by atoms with Gasteiger partial charge >= 0.3 is 0 Å². The van der Waals surface area contributed by atoms with Crippen LogP contribution in [0.1, 0.15) is 10.4 Å². The lowest BCUT2D eigenvalue weighted by atomic mass is 10.0. The molecule has 0 fully saturated rings. The van der Waals surface area contributed by atoms with Gasteiger partial charge in [-0.05, 0) is 23.3 Å². The van der Waals surface area contributed by atoms with Crippen LogP contribution < -0.4 is 5.11 Å². The van der Waals surface area contributed by atoms with Gasteiger partial charge in [0.2, 0.25) is 0 Å². The zero-order chi connectivity index (χ0) is 11.5. The van der Waals surface area contributed by atoms with Gasteiger partial charge in [-0.2, -0.15) is 0 Å². The Kier molecular flexibility index (Phi) is 2.68. The van der Waals surface area contributed by atoms with E-state index in [1.807, 2.05) is 6.07 Å². The second kappa shape index (κ2) is 4.14. The topological polar surface area (TPSA) is 40.1 Å². The van der Waals surface area contributed by atoms with Gasteiger partial charge in [0.15, 0.2) is 0 Å². The number of halogens is 1. The highest BCUT2D eigenvalue weighted by molar-refractivity contribution is 5.87. The lowest BCUT2D eigenvalue weighted by Crippen LogP contribution is -2.22. The number of benzene rings is 2. The predicted molar refractivity (Wildman–Crippen MR) is 56.2 cm³/mol. The summed E-state index contributed by atoms with van der Waals surface area (Å²) in [6.07, 6.45) is 0. The summed E-state index contributed by atoms with van der Waals surface area (Å²) in [6.45, 7) is 0. The molecule has 0 saturated carbocycles. The minimum Gasteiger partial charge on any atom is -0.545 e. The first-order valence-electron chi connectivity index (χ1n) is 4.75. The molecule has 16 heavy (non-hydrogen) atoms. The van der Waals surface area contributed by atoms with Gasteiger partial charge in [0.1, 0.15) is 5.82 Å². The van der Waals surface area contributed by atoms with E-state index in [0.717, 1.165) is 6.07 Å². The Bertz CT molecular complexity index is 521. The van der Waals surface area contributed by atoms with Gasteiger partial charge in [-0.25, -0.2) is 4.39 Å². The van der Waals surface area contributed by atoms with Gasteiger partial charge in [0, 0.05) is 5.56 Å². The van der Waals surface area contributed by atoms with Crippen LogP contribution in [0.15, 0.2) is 48.5 Å². The lowest BCUT2D eigenvalue weighted by molar-refractivity contribution is -0.255. The molecule has 0 spiro atoms. The molecule has 0 aliphatic carbocycles. The van der Waals surface area contributed by atoms with Crippen molar-refractivity contribution in [2.45, 2.75) is 0 Å². The molecule has 0 unspecified atom stereocenters. The molecule has 0 N–H and O–H groups in total. The highest BCUT2D eigenvalue weighted by atomic mass is 19.1. The molecule has 0 amide bonds. The number of carboxylic acid groups (broad SMARTS) is 1. The summed E-state index contributed by atoms with van der Waals surface area (Å²) in [4.78, 5) is 10.7. The Labute approximate surface area is 92.0 Å². The fourth-order valence-electron chi connectivity index (χ4n) is 1.49. The van der Waals surface area contributed by atoms with Gasteiger partial charge in [0.05, 0.1) is 5.97 Å². The van der Waals surface area contributed by atoms with E-state index in [4.69, 9.17) is 0 Å². The Balaban J connectivity index is 2.56. The second-order valence-corrected chi connectivity index (χ2v) is 3.35. The fourth-order valence-corrected chi connectivity index (χ4v) is 1.49. The van der Waals surface area contributed by atoms with Crippen molar-refractivity contribution in [3.05, 3.63) is 59.9 Å². The summed E-state index contributed by atoms with van der Waals surface area (Å²) in [5.41, 5.74) is 0.880. The molecule has 2 nitrogen and oxygen atoms in total. The Morgan fingerprint density at radius 3 is 2.38 bits per heavy atom. The quantitative estimate of drug-likeness (QED) is 0.767. The molecular weight excluding hydrogens is 207 g/mol.